The topological polar surface area (TPSA) is 200 Å². The molecule has 2 fully saturated rings. The zero-order valence-corrected chi connectivity index (χ0v) is 21.5. The van der Waals surface area contributed by atoms with Crippen molar-refractivity contribution >= 4 is 64.3 Å². The molecule has 1 aromatic rings. The van der Waals surface area contributed by atoms with Gasteiger partial charge in [0.1, 0.15) is 29.6 Å². The Bertz CT molecular complexity index is 1140. The van der Waals surface area contributed by atoms with Gasteiger partial charge in [0.05, 0.1) is 11.4 Å². The molecule has 0 aromatic carbocycles. The molecular weight excluding hydrogens is 548 g/mol. The number of aliphatic hydroxyl groups excluding tert-OH is 1. The van der Waals surface area contributed by atoms with E-state index in [1.807, 2.05) is 0 Å². The lowest BCUT2D eigenvalue weighted by molar-refractivity contribution is -0.176. The zero-order chi connectivity index (χ0) is 28.0. The summed E-state index contributed by atoms with van der Waals surface area (Å²) in [7, 11) is 0. The Morgan fingerprint density at radius 1 is 1.21 bits per heavy atom. The van der Waals surface area contributed by atoms with Crippen LogP contribution in [0.25, 0.3) is 0 Å². The van der Waals surface area contributed by atoms with Gasteiger partial charge in [0.15, 0.2) is 12.4 Å². The molecule has 0 radical (unpaired) electrons. The maximum Gasteiger partial charge on any atom is 0.350 e. The summed E-state index contributed by atoms with van der Waals surface area (Å²) >= 11 is 6.85. The van der Waals surface area contributed by atoms with E-state index in [2.05, 4.69) is 10.6 Å². The average Bonchev–Trinajstić information content (AvgIpc) is 3.28. The SMILES string of the molecule is O=C(O)C[C@H](NC(=O)[C@@H]1CCCN2C(=O)CC[C@H](NC(=O)CO)C(=O)N12)C(=O)COC(=O)c1sccc1Cl. The van der Waals surface area contributed by atoms with E-state index in [1.165, 1.54) is 11.4 Å². The fraction of sp³-hybridized carbons (Fsp3) is 0.500. The largest absolute Gasteiger partial charge is 0.481 e. The predicted octanol–water partition coefficient (Wildman–Crippen LogP) is -0.908. The van der Waals surface area contributed by atoms with E-state index in [0.717, 1.165) is 21.4 Å². The van der Waals surface area contributed by atoms with E-state index in [0.29, 0.717) is 6.42 Å². The summed E-state index contributed by atoms with van der Waals surface area (Å²) in [5, 5.41) is 26.6. The van der Waals surface area contributed by atoms with E-state index in [9.17, 15) is 38.7 Å². The Labute approximate surface area is 224 Å². The van der Waals surface area contributed by atoms with Gasteiger partial charge in [-0.15, -0.1) is 11.3 Å². The van der Waals surface area contributed by atoms with Crippen LogP contribution in [0, 0.1) is 0 Å². The van der Waals surface area contributed by atoms with Crippen LogP contribution in [0.4, 0.5) is 0 Å². The minimum absolute atomic E-state index is 0.0489. The van der Waals surface area contributed by atoms with Gasteiger partial charge in [0, 0.05) is 13.0 Å². The first-order valence-corrected chi connectivity index (χ1v) is 12.8. The number of carbonyl (C=O) groups excluding carboxylic acids is 6. The number of rotatable bonds is 10. The number of Topliss-reactive ketones (excluding diaryl/α,β-unsaturated/α-hetero) is 1. The number of carboxylic acids is 1. The molecule has 4 amide bonds. The quantitative estimate of drug-likeness (QED) is 0.254. The third kappa shape index (κ3) is 6.85. The molecule has 16 heteroatoms. The Hall–Kier alpha value is -3.56. The second-order valence-electron chi connectivity index (χ2n) is 8.47. The predicted molar refractivity (Wildman–Crippen MR) is 129 cm³/mol. The van der Waals surface area contributed by atoms with E-state index >= 15 is 0 Å². The van der Waals surface area contributed by atoms with Gasteiger partial charge in [0.25, 0.3) is 5.91 Å². The molecule has 2 aliphatic heterocycles. The minimum atomic E-state index is -1.61. The summed E-state index contributed by atoms with van der Waals surface area (Å²) in [6.07, 6.45) is -0.572. The molecule has 3 rings (SSSR count). The zero-order valence-electron chi connectivity index (χ0n) is 19.9. The number of halogens is 1. The molecule has 3 atom stereocenters. The third-order valence-corrected chi connectivity index (χ3v) is 7.20. The van der Waals surface area contributed by atoms with Crippen molar-refractivity contribution in [3.63, 3.8) is 0 Å². The van der Waals surface area contributed by atoms with Crippen molar-refractivity contribution < 1.29 is 48.5 Å². The van der Waals surface area contributed by atoms with Crippen molar-refractivity contribution in [3.8, 4) is 0 Å². The van der Waals surface area contributed by atoms with Gasteiger partial charge in [-0.3, -0.25) is 33.8 Å². The number of aliphatic hydroxyl groups is 1. The van der Waals surface area contributed by atoms with Crippen LogP contribution in [0.5, 0.6) is 0 Å². The molecule has 0 bridgehead atoms. The fourth-order valence-electron chi connectivity index (χ4n) is 4.08. The summed E-state index contributed by atoms with van der Waals surface area (Å²) in [5.41, 5.74) is 0. The van der Waals surface area contributed by atoms with Crippen LogP contribution in [0.3, 0.4) is 0 Å². The van der Waals surface area contributed by atoms with Crippen molar-refractivity contribution in [2.75, 3.05) is 19.8 Å². The van der Waals surface area contributed by atoms with Crippen LogP contribution in [0.2, 0.25) is 5.02 Å². The number of carboxylic acid groups (broad SMARTS) is 1. The maximum absolute atomic E-state index is 13.2. The molecule has 2 saturated heterocycles. The standard InChI is InChI=1S/C22H25ClN4O10S/c23-11-5-7-38-19(11)22(36)37-10-15(29)13(8-18(32)33)25-20(34)14-2-1-6-26-17(31)4-3-12(21(35)27(14)26)24-16(30)9-28/h5,7,12-14,28H,1-4,6,8-10H2,(H,24,30)(H,25,34)(H,32,33)/t12-,13-,14-/m0/s1. The Balaban J connectivity index is 1.75. The van der Waals surface area contributed by atoms with Gasteiger partial charge in [-0.25, -0.2) is 9.80 Å². The van der Waals surface area contributed by atoms with Crippen LogP contribution >= 0.6 is 22.9 Å². The molecule has 4 N–H and O–H groups in total. The normalized spacial score (nSPS) is 20.2. The number of aliphatic carboxylic acids is 1. The Kier molecular flexibility index (Phi) is 9.77. The summed E-state index contributed by atoms with van der Waals surface area (Å²) in [6, 6.07) is -2.62. The average molecular weight is 573 g/mol. The summed E-state index contributed by atoms with van der Waals surface area (Å²) in [4.78, 5) is 87.1. The molecule has 14 nitrogen and oxygen atoms in total. The lowest BCUT2D eigenvalue weighted by Crippen LogP contribution is -2.64. The highest BCUT2D eigenvalue weighted by molar-refractivity contribution is 7.12. The Morgan fingerprint density at radius 2 is 1.95 bits per heavy atom. The molecule has 206 valence electrons. The molecule has 0 aliphatic carbocycles. The lowest BCUT2D eigenvalue weighted by atomic mass is 10.0. The van der Waals surface area contributed by atoms with Crippen molar-refractivity contribution in [2.24, 2.45) is 0 Å². The first kappa shape index (κ1) is 29.0. The number of carbonyl (C=O) groups is 7. The van der Waals surface area contributed by atoms with Gasteiger partial charge >= 0.3 is 11.9 Å². The van der Waals surface area contributed by atoms with Crippen molar-refractivity contribution in [1.82, 2.24) is 20.7 Å². The van der Waals surface area contributed by atoms with Crippen molar-refractivity contribution in [1.29, 1.82) is 0 Å². The van der Waals surface area contributed by atoms with Gasteiger partial charge in [0.2, 0.25) is 17.7 Å². The monoisotopic (exact) mass is 572 g/mol. The maximum atomic E-state index is 13.2. The fourth-order valence-corrected chi connectivity index (χ4v) is 5.10. The Morgan fingerprint density at radius 3 is 2.58 bits per heavy atom. The number of hydrogen-bond donors (Lipinski definition) is 4. The van der Waals surface area contributed by atoms with Crippen LogP contribution < -0.4 is 10.6 Å². The highest BCUT2D eigenvalue weighted by atomic mass is 35.5. The third-order valence-electron chi connectivity index (χ3n) is 5.87. The van der Waals surface area contributed by atoms with E-state index in [1.54, 1.807) is 0 Å². The number of nitrogens with zero attached hydrogens (tertiary/aromatic N) is 2. The molecule has 38 heavy (non-hydrogen) atoms. The molecular formula is C22H25ClN4O10S. The number of thiophene rings is 1. The molecule has 2 aliphatic rings. The lowest BCUT2D eigenvalue weighted by Gasteiger charge is -2.43. The number of fused-ring (bicyclic) bond motifs is 1. The second-order valence-corrected chi connectivity index (χ2v) is 9.80. The molecule has 0 saturated carbocycles. The number of ketones is 1. The first-order chi connectivity index (χ1) is 18.0. The molecule has 1 aromatic heterocycles. The highest BCUT2D eigenvalue weighted by Crippen LogP contribution is 2.25. The number of ether oxygens (including phenoxy) is 1. The van der Waals surface area contributed by atoms with Gasteiger partial charge < -0.3 is 25.6 Å². The molecule has 0 unspecified atom stereocenters. The van der Waals surface area contributed by atoms with Crippen molar-refractivity contribution in [2.45, 2.75) is 50.2 Å². The van der Waals surface area contributed by atoms with Gasteiger partial charge in [-0.2, -0.15) is 0 Å². The number of amides is 4. The smallest absolute Gasteiger partial charge is 0.350 e. The number of esters is 1. The minimum Gasteiger partial charge on any atom is -0.481 e. The molecule has 3 heterocycles. The van der Waals surface area contributed by atoms with Gasteiger partial charge in [-0.05, 0) is 30.7 Å². The van der Waals surface area contributed by atoms with Crippen LogP contribution in [0.15, 0.2) is 11.4 Å². The van der Waals surface area contributed by atoms with Crippen LogP contribution in [-0.2, 0) is 33.5 Å². The second kappa shape index (κ2) is 12.8. The number of nitrogens with one attached hydrogen (secondary N) is 2. The number of hydrogen-bond acceptors (Lipinski definition) is 10. The highest BCUT2D eigenvalue weighted by Gasteiger charge is 2.45. The summed E-state index contributed by atoms with van der Waals surface area (Å²) < 4.78 is 4.93. The van der Waals surface area contributed by atoms with E-state index in [-0.39, 0.29) is 35.7 Å². The summed E-state index contributed by atoms with van der Waals surface area (Å²) in [6.45, 7) is -1.60. The summed E-state index contributed by atoms with van der Waals surface area (Å²) in [5.74, 6) is -6.21. The van der Waals surface area contributed by atoms with Gasteiger partial charge in [-0.1, -0.05) is 11.6 Å². The van der Waals surface area contributed by atoms with Crippen LogP contribution in [-0.4, -0.2) is 99.5 Å². The van der Waals surface area contributed by atoms with Crippen LogP contribution in [0.1, 0.15) is 41.8 Å². The van der Waals surface area contributed by atoms with E-state index in [4.69, 9.17) is 21.4 Å². The van der Waals surface area contributed by atoms with Crippen molar-refractivity contribution in [3.05, 3.63) is 21.3 Å². The number of hydrazine groups is 1. The molecule has 0 spiro atoms. The first-order valence-electron chi connectivity index (χ1n) is 11.5. The van der Waals surface area contributed by atoms with E-state index < -0.39 is 79.1 Å².